The van der Waals surface area contributed by atoms with E-state index in [1.165, 1.54) is 4.31 Å². The van der Waals surface area contributed by atoms with Crippen molar-refractivity contribution in [3.8, 4) is 0 Å². The molecule has 0 bridgehead atoms. The Labute approximate surface area is 154 Å². The molecule has 142 valence electrons. The van der Waals surface area contributed by atoms with Crippen LogP contribution in [0.25, 0.3) is 0 Å². The number of anilines is 1. The summed E-state index contributed by atoms with van der Waals surface area (Å²) in [6, 6.07) is 6.80. The van der Waals surface area contributed by atoms with E-state index in [2.05, 4.69) is 17.2 Å². The van der Waals surface area contributed by atoms with Gasteiger partial charge in [-0.15, -0.1) is 6.58 Å². The van der Waals surface area contributed by atoms with Gasteiger partial charge in [0.05, 0.1) is 17.0 Å². The molecule has 1 aromatic carbocycles. The van der Waals surface area contributed by atoms with Crippen LogP contribution in [0.1, 0.15) is 30.1 Å². The molecule has 1 aliphatic rings. The van der Waals surface area contributed by atoms with E-state index in [1.54, 1.807) is 37.3 Å². The van der Waals surface area contributed by atoms with Crippen LogP contribution < -0.4 is 10.6 Å². The normalized spacial score (nSPS) is 16.0. The molecular formula is C18H25N3O4S. The van der Waals surface area contributed by atoms with Crippen molar-refractivity contribution in [1.82, 2.24) is 9.62 Å². The summed E-state index contributed by atoms with van der Waals surface area (Å²) in [5, 5.41) is 5.50. The molecule has 0 unspecified atom stereocenters. The molecular weight excluding hydrogens is 354 g/mol. The van der Waals surface area contributed by atoms with Crippen LogP contribution in [0.3, 0.4) is 0 Å². The van der Waals surface area contributed by atoms with Gasteiger partial charge in [-0.3, -0.25) is 9.59 Å². The Hall–Kier alpha value is -2.19. The Bertz CT molecular complexity index is 768. The number of nitrogens with one attached hydrogen (secondary N) is 2. The van der Waals surface area contributed by atoms with Gasteiger partial charge in [0.25, 0.3) is 5.91 Å². The number of piperidine rings is 1. The largest absolute Gasteiger partial charge is 0.349 e. The molecule has 8 heteroatoms. The van der Waals surface area contributed by atoms with Gasteiger partial charge in [-0.2, -0.15) is 0 Å². The summed E-state index contributed by atoms with van der Waals surface area (Å²) in [6.45, 7) is 6.19. The van der Waals surface area contributed by atoms with Gasteiger partial charge in [-0.05, 0) is 31.9 Å². The Kier molecular flexibility index (Phi) is 6.93. The molecule has 26 heavy (non-hydrogen) atoms. The topological polar surface area (TPSA) is 95.6 Å². The molecule has 1 fully saturated rings. The minimum atomic E-state index is -3.22. The average molecular weight is 379 g/mol. The third-order valence-electron chi connectivity index (χ3n) is 4.42. The number of hydrogen-bond donors (Lipinski definition) is 2. The summed E-state index contributed by atoms with van der Waals surface area (Å²) in [6.07, 6.45) is 2.52. The minimum absolute atomic E-state index is 0.0665. The highest BCUT2D eigenvalue weighted by molar-refractivity contribution is 7.89. The fraction of sp³-hybridized carbons (Fsp3) is 0.444. The van der Waals surface area contributed by atoms with Gasteiger partial charge in [0.2, 0.25) is 15.9 Å². The van der Waals surface area contributed by atoms with Crippen molar-refractivity contribution in [1.29, 1.82) is 0 Å². The van der Waals surface area contributed by atoms with E-state index in [-0.39, 0.29) is 23.5 Å². The predicted octanol–water partition coefficient (Wildman–Crippen LogP) is 1.60. The van der Waals surface area contributed by atoms with Crippen LogP contribution in [-0.4, -0.2) is 49.9 Å². The zero-order chi connectivity index (χ0) is 19.2. The maximum atomic E-state index is 12.6. The fourth-order valence-electron chi connectivity index (χ4n) is 2.86. The monoisotopic (exact) mass is 379 g/mol. The molecule has 0 spiro atoms. The zero-order valence-corrected chi connectivity index (χ0v) is 15.7. The van der Waals surface area contributed by atoms with Gasteiger partial charge in [0, 0.05) is 25.6 Å². The Balaban J connectivity index is 2.01. The molecule has 2 amide bonds. The molecule has 0 aliphatic carbocycles. The Morgan fingerprint density at radius 3 is 2.54 bits per heavy atom. The molecule has 7 nitrogen and oxygen atoms in total. The molecule has 2 N–H and O–H groups in total. The standard InChI is InChI=1S/C18H25N3O4S/c1-3-11-19-18(23)15-7-5-6-8-16(15)20-17(22)14-9-12-21(13-10-14)26(24,25)4-2/h3,5-8,14H,1,4,9-13H2,2H3,(H,19,23)(H,20,22). The van der Waals surface area contributed by atoms with E-state index < -0.39 is 10.0 Å². The van der Waals surface area contributed by atoms with E-state index in [1.807, 2.05) is 0 Å². The van der Waals surface area contributed by atoms with E-state index in [9.17, 15) is 18.0 Å². The number of sulfonamides is 1. The van der Waals surface area contributed by atoms with Gasteiger partial charge in [-0.1, -0.05) is 18.2 Å². The van der Waals surface area contributed by atoms with Crippen LogP contribution in [0.5, 0.6) is 0 Å². The van der Waals surface area contributed by atoms with Crippen molar-refractivity contribution in [2.24, 2.45) is 5.92 Å². The molecule has 1 aliphatic heterocycles. The lowest BCUT2D eigenvalue weighted by Gasteiger charge is -2.30. The second kappa shape index (κ2) is 8.95. The van der Waals surface area contributed by atoms with Crippen LogP contribution >= 0.6 is 0 Å². The van der Waals surface area contributed by atoms with Crippen molar-refractivity contribution in [2.75, 3.05) is 30.7 Å². The summed E-state index contributed by atoms with van der Waals surface area (Å²) >= 11 is 0. The predicted molar refractivity (Wildman–Crippen MR) is 101 cm³/mol. The molecule has 1 saturated heterocycles. The molecule has 0 saturated carbocycles. The first-order valence-electron chi connectivity index (χ1n) is 8.65. The molecule has 0 radical (unpaired) electrons. The van der Waals surface area contributed by atoms with Crippen LogP contribution in [-0.2, 0) is 14.8 Å². The fourth-order valence-corrected chi connectivity index (χ4v) is 4.00. The first kappa shape index (κ1) is 20.1. The van der Waals surface area contributed by atoms with Crippen LogP contribution in [0.4, 0.5) is 5.69 Å². The van der Waals surface area contributed by atoms with Gasteiger partial charge < -0.3 is 10.6 Å². The quantitative estimate of drug-likeness (QED) is 0.704. The highest BCUT2D eigenvalue weighted by atomic mass is 32.2. The summed E-state index contributed by atoms with van der Waals surface area (Å²) in [5.41, 5.74) is 0.830. The molecule has 1 heterocycles. The Morgan fingerprint density at radius 1 is 1.27 bits per heavy atom. The van der Waals surface area contributed by atoms with Gasteiger partial charge >= 0.3 is 0 Å². The summed E-state index contributed by atoms with van der Waals surface area (Å²) in [7, 11) is -3.22. The van der Waals surface area contributed by atoms with Crippen molar-refractivity contribution in [3.63, 3.8) is 0 Å². The second-order valence-electron chi connectivity index (χ2n) is 6.11. The third kappa shape index (κ3) is 4.92. The molecule has 1 aromatic rings. The van der Waals surface area contributed by atoms with Crippen molar-refractivity contribution < 1.29 is 18.0 Å². The summed E-state index contributed by atoms with van der Waals surface area (Å²) in [5.74, 6) is -0.688. The first-order chi connectivity index (χ1) is 12.4. The number of amides is 2. The van der Waals surface area contributed by atoms with Crippen molar-refractivity contribution >= 4 is 27.5 Å². The molecule has 0 aromatic heterocycles. The number of carbonyl (C=O) groups is 2. The average Bonchev–Trinajstić information content (AvgIpc) is 2.66. The van der Waals surface area contributed by atoms with E-state index in [4.69, 9.17) is 0 Å². The van der Waals surface area contributed by atoms with Crippen LogP contribution in [0.2, 0.25) is 0 Å². The smallest absolute Gasteiger partial charge is 0.253 e. The lowest BCUT2D eigenvalue weighted by molar-refractivity contribution is -0.120. The van der Waals surface area contributed by atoms with Gasteiger partial charge in [-0.25, -0.2) is 12.7 Å². The molecule has 2 rings (SSSR count). The number of rotatable bonds is 7. The van der Waals surface area contributed by atoms with Crippen molar-refractivity contribution in [2.45, 2.75) is 19.8 Å². The van der Waals surface area contributed by atoms with Crippen molar-refractivity contribution in [3.05, 3.63) is 42.5 Å². The van der Waals surface area contributed by atoms with E-state index >= 15 is 0 Å². The second-order valence-corrected chi connectivity index (χ2v) is 8.36. The molecule has 0 atom stereocenters. The van der Waals surface area contributed by atoms with Gasteiger partial charge in [0.1, 0.15) is 0 Å². The first-order valence-corrected chi connectivity index (χ1v) is 10.3. The van der Waals surface area contributed by atoms with E-state index in [0.717, 1.165) is 0 Å². The zero-order valence-electron chi connectivity index (χ0n) is 14.9. The maximum absolute atomic E-state index is 12.6. The number of hydrogen-bond acceptors (Lipinski definition) is 4. The highest BCUT2D eigenvalue weighted by Crippen LogP contribution is 2.23. The van der Waals surface area contributed by atoms with Crippen LogP contribution in [0.15, 0.2) is 36.9 Å². The summed E-state index contributed by atoms with van der Waals surface area (Å²) < 4.78 is 25.2. The lowest BCUT2D eigenvalue weighted by Crippen LogP contribution is -2.42. The Morgan fingerprint density at radius 2 is 1.92 bits per heavy atom. The SMILES string of the molecule is C=CCNC(=O)c1ccccc1NC(=O)C1CCN(S(=O)(=O)CC)CC1. The van der Waals surface area contributed by atoms with E-state index in [0.29, 0.717) is 43.7 Å². The highest BCUT2D eigenvalue weighted by Gasteiger charge is 2.30. The minimum Gasteiger partial charge on any atom is -0.349 e. The maximum Gasteiger partial charge on any atom is 0.253 e. The number of para-hydroxylation sites is 1. The summed E-state index contributed by atoms with van der Waals surface area (Å²) in [4.78, 5) is 24.7. The lowest BCUT2D eigenvalue weighted by atomic mass is 9.97. The third-order valence-corrected chi connectivity index (χ3v) is 6.30. The number of nitrogens with zero attached hydrogens (tertiary/aromatic N) is 1. The number of benzene rings is 1. The number of carbonyl (C=O) groups excluding carboxylic acids is 2. The van der Waals surface area contributed by atoms with Gasteiger partial charge in [0.15, 0.2) is 0 Å². The van der Waals surface area contributed by atoms with Crippen LogP contribution in [0, 0.1) is 5.92 Å².